The molecule has 2 aromatic heterocycles. The molecule has 3 aromatic rings. The molecule has 0 bridgehead atoms. The van der Waals surface area contributed by atoms with Crippen LogP contribution in [0.2, 0.25) is 0 Å². The number of hydrogen-bond acceptors (Lipinski definition) is 4. The molecule has 0 fully saturated rings. The normalized spacial score (nSPS) is 11.9. The Hall–Kier alpha value is -3.15. The van der Waals surface area contributed by atoms with Crippen molar-refractivity contribution in [2.24, 2.45) is 0 Å². The first-order valence-electron chi connectivity index (χ1n) is 8.01. The largest absolute Gasteiger partial charge is 0.481 e. The van der Waals surface area contributed by atoms with Crippen molar-refractivity contribution < 1.29 is 14.6 Å². The van der Waals surface area contributed by atoms with Gasteiger partial charge in [0.25, 0.3) is 0 Å². The van der Waals surface area contributed by atoms with Gasteiger partial charge in [-0.2, -0.15) is 0 Å². The number of benzene rings is 1. The van der Waals surface area contributed by atoms with Crippen molar-refractivity contribution in [2.45, 2.75) is 19.4 Å². The molecule has 1 atom stereocenters. The van der Waals surface area contributed by atoms with Crippen molar-refractivity contribution in [3.05, 3.63) is 66.7 Å². The van der Waals surface area contributed by atoms with Gasteiger partial charge in [0, 0.05) is 30.8 Å². The number of pyridine rings is 1. The molecule has 0 amide bonds. The molecule has 0 aliphatic rings. The fourth-order valence-corrected chi connectivity index (χ4v) is 2.75. The third kappa shape index (κ3) is 4.03. The Morgan fingerprint density at radius 1 is 1.24 bits per heavy atom. The number of aliphatic carboxylic acids is 1. The molecule has 0 saturated carbocycles. The SMILES string of the molecule is C[C@@H](Cc1cccnc1)n1ccnc1-c1ccccc1OCC(=O)O. The lowest BCUT2D eigenvalue weighted by molar-refractivity contribution is -0.139. The molecule has 0 unspecified atom stereocenters. The van der Waals surface area contributed by atoms with Gasteiger partial charge in [-0.25, -0.2) is 9.78 Å². The lowest BCUT2D eigenvalue weighted by Crippen LogP contribution is -2.12. The minimum atomic E-state index is -1.01. The second-order valence-electron chi connectivity index (χ2n) is 5.75. The summed E-state index contributed by atoms with van der Waals surface area (Å²) in [6.07, 6.45) is 8.09. The Morgan fingerprint density at radius 3 is 2.84 bits per heavy atom. The molecule has 0 radical (unpaired) electrons. The molecule has 6 nitrogen and oxygen atoms in total. The van der Waals surface area contributed by atoms with Gasteiger partial charge >= 0.3 is 5.97 Å². The second-order valence-corrected chi connectivity index (χ2v) is 5.75. The highest BCUT2D eigenvalue weighted by atomic mass is 16.5. The molecule has 3 rings (SSSR count). The quantitative estimate of drug-likeness (QED) is 0.716. The van der Waals surface area contributed by atoms with E-state index in [2.05, 4.69) is 21.5 Å². The maximum absolute atomic E-state index is 10.8. The number of carboxylic acids is 1. The summed E-state index contributed by atoms with van der Waals surface area (Å²) in [6.45, 7) is 1.72. The highest BCUT2D eigenvalue weighted by Gasteiger charge is 2.16. The van der Waals surface area contributed by atoms with Gasteiger partial charge in [-0.1, -0.05) is 18.2 Å². The number of hydrogen-bond donors (Lipinski definition) is 1. The van der Waals surface area contributed by atoms with E-state index in [1.54, 1.807) is 18.5 Å². The monoisotopic (exact) mass is 337 g/mol. The molecule has 2 heterocycles. The summed E-state index contributed by atoms with van der Waals surface area (Å²) < 4.78 is 7.48. The Labute approximate surface area is 145 Å². The van der Waals surface area contributed by atoms with E-state index in [0.29, 0.717) is 5.75 Å². The van der Waals surface area contributed by atoms with E-state index in [1.807, 2.05) is 42.7 Å². The molecule has 1 aromatic carbocycles. The number of aromatic nitrogens is 3. The lowest BCUT2D eigenvalue weighted by Gasteiger charge is -2.18. The van der Waals surface area contributed by atoms with Crippen LogP contribution in [0, 0.1) is 0 Å². The number of rotatable bonds is 7. The van der Waals surface area contributed by atoms with Crippen LogP contribution in [0.5, 0.6) is 5.75 Å². The zero-order chi connectivity index (χ0) is 17.6. The van der Waals surface area contributed by atoms with Crippen molar-refractivity contribution >= 4 is 5.97 Å². The zero-order valence-electron chi connectivity index (χ0n) is 13.9. The summed E-state index contributed by atoms with van der Waals surface area (Å²) >= 11 is 0. The number of imidazole rings is 1. The summed E-state index contributed by atoms with van der Waals surface area (Å²) in [5.74, 6) is 0.242. The molecule has 25 heavy (non-hydrogen) atoms. The molecule has 0 spiro atoms. The smallest absolute Gasteiger partial charge is 0.341 e. The molecule has 0 aliphatic carbocycles. The van der Waals surface area contributed by atoms with Gasteiger partial charge in [0.05, 0.1) is 5.56 Å². The van der Waals surface area contributed by atoms with Crippen molar-refractivity contribution in [3.8, 4) is 17.1 Å². The van der Waals surface area contributed by atoms with E-state index in [1.165, 1.54) is 0 Å². The summed E-state index contributed by atoms with van der Waals surface area (Å²) in [7, 11) is 0. The van der Waals surface area contributed by atoms with E-state index in [9.17, 15) is 4.79 Å². The predicted molar refractivity (Wildman–Crippen MR) is 93.4 cm³/mol. The summed E-state index contributed by atoms with van der Waals surface area (Å²) in [5, 5.41) is 8.85. The van der Waals surface area contributed by atoms with Gasteiger partial charge in [-0.15, -0.1) is 0 Å². The minimum Gasteiger partial charge on any atom is -0.481 e. The maximum atomic E-state index is 10.8. The van der Waals surface area contributed by atoms with Crippen molar-refractivity contribution in [1.82, 2.24) is 14.5 Å². The first kappa shape index (κ1) is 16.7. The zero-order valence-corrected chi connectivity index (χ0v) is 13.9. The van der Waals surface area contributed by atoms with Gasteiger partial charge in [0.2, 0.25) is 0 Å². The van der Waals surface area contributed by atoms with Crippen LogP contribution in [0.3, 0.4) is 0 Å². The Balaban J connectivity index is 1.88. The van der Waals surface area contributed by atoms with Crippen LogP contribution < -0.4 is 4.74 Å². The molecule has 6 heteroatoms. The van der Waals surface area contributed by atoms with Crippen LogP contribution in [-0.2, 0) is 11.2 Å². The van der Waals surface area contributed by atoms with Gasteiger partial charge in [0.15, 0.2) is 6.61 Å². The highest BCUT2D eigenvalue weighted by molar-refractivity contribution is 5.70. The number of carboxylic acid groups (broad SMARTS) is 1. The van der Waals surface area contributed by atoms with Crippen LogP contribution >= 0.6 is 0 Å². The van der Waals surface area contributed by atoms with Gasteiger partial charge < -0.3 is 14.4 Å². The Bertz CT molecular complexity index is 846. The molecule has 128 valence electrons. The molecule has 1 N–H and O–H groups in total. The van der Waals surface area contributed by atoms with Gasteiger partial charge in [-0.05, 0) is 37.1 Å². The predicted octanol–water partition coefficient (Wildman–Crippen LogP) is 3.21. The average Bonchev–Trinajstić information content (AvgIpc) is 3.11. The van der Waals surface area contributed by atoms with Crippen molar-refractivity contribution in [2.75, 3.05) is 6.61 Å². The third-order valence-corrected chi connectivity index (χ3v) is 3.88. The molecule has 0 saturated heterocycles. The molecule has 0 aliphatic heterocycles. The highest BCUT2D eigenvalue weighted by Crippen LogP contribution is 2.31. The lowest BCUT2D eigenvalue weighted by atomic mass is 10.1. The number of para-hydroxylation sites is 1. The molecular weight excluding hydrogens is 318 g/mol. The minimum absolute atomic E-state index is 0.161. The Morgan fingerprint density at radius 2 is 2.08 bits per heavy atom. The average molecular weight is 337 g/mol. The van der Waals surface area contributed by atoms with Gasteiger partial charge in [0.1, 0.15) is 11.6 Å². The standard InChI is InChI=1S/C19H19N3O3/c1-14(11-15-5-4-8-20-12-15)22-10-9-21-19(22)16-6-2-3-7-17(16)25-13-18(23)24/h2-10,12,14H,11,13H2,1H3,(H,23,24)/t14-/m0/s1. The van der Waals surface area contributed by atoms with Crippen molar-refractivity contribution in [3.63, 3.8) is 0 Å². The van der Waals surface area contributed by atoms with Gasteiger partial charge in [-0.3, -0.25) is 4.98 Å². The first-order chi connectivity index (χ1) is 12.1. The topological polar surface area (TPSA) is 77.2 Å². The van der Waals surface area contributed by atoms with Crippen LogP contribution in [0.25, 0.3) is 11.4 Å². The fraction of sp³-hybridized carbons (Fsp3) is 0.211. The van der Waals surface area contributed by atoms with E-state index in [-0.39, 0.29) is 12.6 Å². The van der Waals surface area contributed by atoms with E-state index in [4.69, 9.17) is 9.84 Å². The third-order valence-electron chi connectivity index (χ3n) is 3.88. The summed E-state index contributed by atoms with van der Waals surface area (Å²) in [5.41, 5.74) is 1.91. The fourth-order valence-electron chi connectivity index (χ4n) is 2.75. The molecular formula is C19H19N3O3. The van der Waals surface area contributed by atoms with E-state index >= 15 is 0 Å². The van der Waals surface area contributed by atoms with E-state index < -0.39 is 5.97 Å². The van der Waals surface area contributed by atoms with Crippen LogP contribution in [-0.4, -0.2) is 32.2 Å². The number of ether oxygens (including phenoxy) is 1. The number of carbonyl (C=O) groups is 1. The van der Waals surface area contributed by atoms with Crippen molar-refractivity contribution in [1.29, 1.82) is 0 Å². The van der Waals surface area contributed by atoms with Crippen LogP contribution in [0.15, 0.2) is 61.2 Å². The summed E-state index contributed by atoms with van der Waals surface area (Å²) in [4.78, 5) is 19.4. The first-order valence-corrected chi connectivity index (χ1v) is 8.01. The second kappa shape index (κ2) is 7.61. The number of nitrogens with zero attached hydrogens (tertiary/aromatic N) is 3. The maximum Gasteiger partial charge on any atom is 0.341 e. The summed E-state index contributed by atoms with van der Waals surface area (Å²) in [6, 6.07) is 11.5. The Kier molecular flexibility index (Phi) is 5.09. The van der Waals surface area contributed by atoms with Crippen LogP contribution in [0.4, 0.5) is 0 Å². The van der Waals surface area contributed by atoms with Crippen LogP contribution in [0.1, 0.15) is 18.5 Å². The van der Waals surface area contributed by atoms with E-state index in [0.717, 1.165) is 23.4 Å².